The van der Waals surface area contributed by atoms with E-state index in [1.807, 2.05) is 57.7 Å². The van der Waals surface area contributed by atoms with Gasteiger partial charge < -0.3 is 24.8 Å². The molecule has 2 heterocycles. The van der Waals surface area contributed by atoms with Gasteiger partial charge in [0, 0.05) is 34.9 Å². The Labute approximate surface area is 282 Å². The molecule has 0 fully saturated rings. The molecule has 0 amide bonds. The zero-order valence-electron chi connectivity index (χ0n) is 25.4. The number of hydrogen-bond acceptors (Lipinski definition) is 2. The van der Waals surface area contributed by atoms with Gasteiger partial charge in [0.2, 0.25) is 0 Å². The Kier molecular flexibility index (Phi) is 16.6. The first-order chi connectivity index (χ1) is 20.3. The minimum Gasteiger partial charge on any atom is -0.477 e. The number of nitrogens with zero attached hydrogens (tertiary/aromatic N) is 2. The molecule has 9 heteroatoms. The Hall–Kier alpha value is -2.12. The van der Waals surface area contributed by atoms with E-state index in [1.165, 1.54) is 64.2 Å². The molecule has 236 valence electrons. The van der Waals surface area contributed by atoms with Crippen molar-refractivity contribution in [3.05, 3.63) is 67.1 Å². The van der Waals surface area contributed by atoms with Crippen LogP contribution >= 0.6 is 45.2 Å². The average Bonchev–Trinajstić information content (AvgIpc) is 3.43. The van der Waals surface area contributed by atoms with Crippen LogP contribution in [0.1, 0.15) is 112 Å². The third-order valence-corrected chi connectivity index (χ3v) is 9.88. The van der Waals surface area contributed by atoms with E-state index in [1.54, 1.807) is 0 Å². The first-order valence-electron chi connectivity index (χ1n) is 15.3. The van der Waals surface area contributed by atoms with Crippen LogP contribution in [0.15, 0.2) is 48.5 Å². The zero-order valence-corrected chi connectivity index (χ0v) is 29.7. The summed E-state index contributed by atoms with van der Waals surface area (Å²) in [5, 5.41) is 21.1. The van der Waals surface area contributed by atoms with E-state index in [-0.39, 0.29) is 5.48 Å². The van der Waals surface area contributed by atoms with Crippen molar-refractivity contribution >= 4 is 78.9 Å². The van der Waals surface area contributed by atoms with Crippen molar-refractivity contribution in [2.24, 2.45) is 0 Å². The molecule has 43 heavy (non-hydrogen) atoms. The van der Waals surface area contributed by atoms with Gasteiger partial charge in [0.15, 0.2) is 0 Å². The first-order valence-corrected chi connectivity index (χ1v) is 17.5. The zero-order chi connectivity index (χ0) is 30.5. The Morgan fingerprint density at radius 2 is 0.907 bits per heavy atom. The number of hydrogen-bond donors (Lipinski definition) is 2. The highest BCUT2D eigenvalue weighted by atomic mass is 127. The summed E-state index contributed by atoms with van der Waals surface area (Å²) in [6.07, 6.45) is 14.6. The summed E-state index contributed by atoms with van der Waals surface area (Å²) in [5.74, 6) is -1.66. The highest BCUT2D eigenvalue weighted by molar-refractivity contribution is 14.1. The van der Waals surface area contributed by atoms with Gasteiger partial charge in [-0.25, -0.2) is 9.59 Å². The van der Waals surface area contributed by atoms with Gasteiger partial charge in [-0.05, 0) is 70.2 Å². The number of para-hydroxylation sites is 2. The molecule has 4 rings (SSSR count). The Bertz CT molecular complexity index is 1350. The first kappa shape index (κ1) is 37.1. The van der Waals surface area contributed by atoms with Crippen LogP contribution in [0, 0.1) is 7.14 Å². The number of fused-ring (bicyclic) bond motifs is 2. The number of aryl methyl sites for hydroxylation is 2. The third-order valence-electron chi connectivity index (χ3n) is 7.69. The number of aromatic carboxylic acids is 2. The fourth-order valence-electron chi connectivity index (χ4n) is 5.51. The second-order valence-electron chi connectivity index (χ2n) is 10.8. The normalized spacial score (nSPS) is 10.9. The van der Waals surface area contributed by atoms with E-state index >= 15 is 0 Å². The van der Waals surface area contributed by atoms with Crippen LogP contribution in [-0.4, -0.2) is 36.8 Å². The lowest BCUT2D eigenvalue weighted by atomic mass is 10.1. The van der Waals surface area contributed by atoms with Crippen molar-refractivity contribution in [2.45, 2.75) is 104 Å². The van der Waals surface area contributed by atoms with E-state index in [2.05, 4.69) is 59.0 Å². The summed E-state index contributed by atoms with van der Waals surface area (Å²) >= 11 is 4.30. The number of carbonyl (C=O) groups is 2. The maximum atomic E-state index is 11.6. The van der Waals surface area contributed by atoms with Gasteiger partial charge in [0.05, 0.1) is 7.14 Å². The van der Waals surface area contributed by atoms with E-state index in [9.17, 15) is 19.8 Å². The second-order valence-corrected chi connectivity index (χ2v) is 13.0. The number of unbranched alkanes of at least 4 members (excludes halogenated alkanes) is 10. The van der Waals surface area contributed by atoms with Crippen LogP contribution in [0.2, 0.25) is 0 Å². The van der Waals surface area contributed by atoms with Gasteiger partial charge in [0.1, 0.15) is 11.4 Å². The van der Waals surface area contributed by atoms with Crippen molar-refractivity contribution in [2.75, 3.05) is 0 Å². The predicted octanol–water partition coefficient (Wildman–Crippen LogP) is 9.78. The standard InChI is InChI=1S/2C17H22INO2.H2O/c2*1-2-3-4-5-6-9-12-19-14-11-8-7-10-13(14)15(18)16(19)17(20)21;/h2*7-8,10-11H,2-6,9,12H2,1H3,(H,20,21);1H2. The smallest absolute Gasteiger partial charge is 0.353 e. The molecule has 7 nitrogen and oxygen atoms in total. The van der Waals surface area contributed by atoms with Crippen molar-refractivity contribution in [3.63, 3.8) is 0 Å². The fourth-order valence-corrected chi connectivity index (χ4v) is 7.46. The van der Waals surface area contributed by atoms with E-state index in [0.717, 1.165) is 54.9 Å². The van der Waals surface area contributed by atoms with Crippen molar-refractivity contribution in [1.29, 1.82) is 0 Å². The van der Waals surface area contributed by atoms with E-state index < -0.39 is 11.9 Å². The largest absolute Gasteiger partial charge is 0.477 e. The molecular weight excluding hydrogens is 770 g/mol. The van der Waals surface area contributed by atoms with Crippen LogP contribution in [-0.2, 0) is 13.1 Å². The summed E-state index contributed by atoms with van der Waals surface area (Å²) in [6, 6.07) is 15.9. The monoisotopic (exact) mass is 816 g/mol. The molecule has 2 aromatic heterocycles. The molecule has 0 aliphatic carbocycles. The third kappa shape index (κ3) is 9.94. The van der Waals surface area contributed by atoms with Gasteiger partial charge in [-0.3, -0.25) is 0 Å². The molecule has 0 radical (unpaired) electrons. The SMILES string of the molecule is CCCCCCCCn1c(C(=O)O)c(I)c2ccccc21.CCCCCCCCn1c(C(=O)O)c(I)c2ccccc21.O. The number of carboxylic acids is 2. The molecule has 0 saturated heterocycles. The fraction of sp³-hybridized carbons (Fsp3) is 0.471. The summed E-state index contributed by atoms with van der Waals surface area (Å²) in [5.41, 5.74) is 2.94. The maximum absolute atomic E-state index is 11.6. The lowest BCUT2D eigenvalue weighted by Gasteiger charge is -2.08. The van der Waals surface area contributed by atoms with Crippen LogP contribution in [0.4, 0.5) is 0 Å². The summed E-state index contributed by atoms with van der Waals surface area (Å²) < 4.78 is 5.64. The van der Waals surface area contributed by atoms with Crippen molar-refractivity contribution < 1.29 is 25.3 Å². The van der Waals surface area contributed by atoms with Crippen molar-refractivity contribution in [1.82, 2.24) is 9.13 Å². The number of carboxylic acid groups (broad SMARTS) is 2. The van der Waals surface area contributed by atoms with Crippen molar-refractivity contribution in [3.8, 4) is 0 Å². The van der Waals surface area contributed by atoms with Gasteiger partial charge >= 0.3 is 11.9 Å². The predicted molar refractivity (Wildman–Crippen MR) is 194 cm³/mol. The lowest BCUT2D eigenvalue weighted by Crippen LogP contribution is -2.10. The number of aromatic nitrogens is 2. The maximum Gasteiger partial charge on any atom is 0.353 e. The molecule has 0 unspecified atom stereocenters. The molecular formula is C34H46I2N2O5. The molecule has 0 spiro atoms. The van der Waals surface area contributed by atoms with Crippen LogP contribution < -0.4 is 0 Å². The highest BCUT2D eigenvalue weighted by Gasteiger charge is 2.21. The molecule has 0 aliphatic rings. The molecule has 4 N–H and O–H groups in total. The van der Waals surface area contributed by atoms with Gasteiger partial charge in [0.25, 0.3) is 0 Å². The van der Waals surface area contributed by atoms with Gasteiger partial charge in [-0.15, -0.1) is 0 Å². The highest BCUT2D eigenvalue weighted by Crippen LogP contribution is 2.29. The Balaban J connectivity index is 0.000000293. The average molecular weight is 817 g/mol. The summed E-state index contributed by atoms with van der Waals surface area (Å²) in [6.45, 7) is 6.01. The number of benzene rings is 2. The molecule has 0 atom stereocenters. The quantitative estimate of drug-likeness (QED) is 0.0866. The summed E-state index contributed by atoms with van der Waals surface area (Å²) in [4.78, 5) is 23.1. The van der Waals surface area contributed by atoms with Crippen LogP contribution in [0.5, 0.6) is 0 Å². The minimum atomic E-state index is -0.832. The topological polar surface area (TPSA) is 116 Å². The van der Waals surface area contributed by atoms with Gasteiger partial charge in [-0.1, -0.05) is 114 Å². The minimum absolute atomic E-state index is 0. The van der Waals surface area contributed by atoms with E-state index in [0.29, 0.717) is 11.4 Å². The number of halogens is 2. The Morgan fingerprint density at radius 1 is 0.581 bits per heavy atom. The Morgan fingerprint density at radius 3 is 1.26 bits per heavy atom. The molecule has 0 aliphatic heterocycles. The molecule has 0 saturated carbocycles. The van der Waals surface area contributed by atoms with E-state index in [4.69, 9.17) is 0 Å². The van der Waals surface area contributed by atoms with Gasteiger partial charge in [-0.2, -0.15) is 0 Å². The van der Waals surface area contributed by atoms with Crippen LogP contribution in [0.3, 0.4) is 0 Å². The molecule has 2 aromatic carbocycles. The summed E-state index contributed by atoms with van der Waals surface area (Å²) in [7, 11) is 0. The lowest BCUT2D eigenvalue weighted by molar-refractivity contribution is 0.0673. The molecule has 4 aromatic rings. The molecule has 0 bridgehead atoms. The second kappa shape index (κ2) is 19.3. The number of rotatable bonds is 16. The van der Waals surface area contributed by atoms with Crippen LogP contribution in [0.25, 0.3) is 21.8 Å².